The molecule has 0 N–H and O–H groups in total. The third-order valence-corrected chi connectivity index (χ3v) is 5.51. The average Bonchev–Trinajstić information content (AvgIpc) is 3.02. The number of esters is 1. The first kappa shape index (κ1) is 14.6. The van der Waals surface area contributed by atoms with Gasteiger partial charge in [0.05, 0.1) is 5.56 Å². The van der Waals surface area contributed by atoms with Crippen LogP contribution >= 0.6 is 0 Å². The number of benzene rings is 4. The largest absolute Gasteiger partial charge is 0.456 e. The summed E-state index contributed by atoms with van der Waals surface area (Å²) in [5.74, 6) is 1.13. The average molecular weight is 350 g/mol. The Morgan fingerprint density at radius 2 is 1.26 bits per heavy atom. The highest BCUT2D eigenvalue weighted by Gasteiger charge is 2.53. The highest BCUT2D eigenvalue weighted by atomic mass is 16.6. The minimum absolute atomic E-state index is 0.298. The van der Waals surface area contributed by atoms with Crippen molar-refractivity contribution in [2.24, 2.45) is 0 Å². The van der Waals surface area contributed by atoms with Gasteiger partial charge < -0.3 is 9.47 Å². The Balaban J connectivity index is 1.78. The van der Waals surface area contributed by atoms with Gasteiger partial charge in [-0.15, -0.1) is 0 Å². The van der Waals surface area contributed by atoms with E-state index < -0.39 is 5.60 Å². The van der Waals surface area contributed by atoms with Crippen LogP contribution in [0.4, 0.5) is 0 Å². The minimum atomic E-state index is -0.984. The van der Waals surface area contributed by atoms with Crippen LogP contribution in [0.25, 0.3) is 10.8 Å². The molecule has 4 aromatic carbocycles. The molecule has 128 valence electrons. The topological polar surface area (TPSA) is 35.5 Å². The molecular formula is C24H14O3. The van der Waals surface area contributed by atoms with Crippen molar-refractivity contribution < 1.29 is 14.3 Å². The second-order valence-electron chi connectivity index (χ2n) is 6.87. The summed E-state index contributed by atoms with van der Waals surface area (Å²) in [6, 6.07) is 27.5. The number of para-hydroxylation sites is 2. The summed E-state index contributed by atoms with van der Waals surface area (Å²) in [4.78, 5) is 13.1. The number of hydrogen-bond donors (Lipinski definition) is 0. The highest BCUT2D eigenvalue weighted by molar-refractivity contribution is 6.09. The van der Waals surface area contributed by atoms with Gasteiger partial charge >= 0.3 is 5.97 Å². The molecular weight excluding hydrogens is 336 g/mol. The van der Waals surface area contributed by atoms with Crippen LogP contribution in [-0.4, -0.2) is 5.97 Å². The molecule has 3 heteroatoms. The number of hydrogen-bond acceptors (Lipinski definition) is 3. The van der Waals surface area contributed by atoms with Crippen molar-refractivity contribution in [3.63, 3.8) is 0 Å². The molecule has 0 saturated heterocycles. The fourth-order valence-electron chi connectivity index (χ4n) is 4.39. The maximum Gasteiger partial charge on any atom is 0.340 e. The van der Waals surface area contributed by atoms with E-state index in [1.165, 1.54) is 0 Å². The molecule has 2 aliphatic heterocycles. The molecule has 0 fully saturated rings. The van der Waals surface area contributed by atoms with Gasteiger partial charge in [0.2, 0.25) is 0 Å². The van der Waals surface area contributed by atoms with Crippen LogP contribution in [0.1, 0.15) is 27.0 Å². The van der Waals surface area contributed by atoms with E-state index >= 15 is 0 Å². The van der Waals surface area contributed by atoms with Gasteiger partial charge in [0.1, 0.15) is 11.5 Å². The Labute approximate surface area is 155 Å². The van der Waals surface area contributed by atoms with E-state index in [0.29, 0.717) is 17.1 Å². The van der Waals surface area contributed by atoms with Gasteiger partial charge in [-0.2, -0.15) is 0 Å². The Bertz CT molecular complexity index is 1210. The number of carbonyl (C=O) groups excluding carboxylic acids is 1. The second kappa shape index (κ2) is 4.98. The van der Waals surface area contributed by atoms with Crippen molar-refractivity contribution in [1.82, 2.24) is 0 Å². The first-order valence-electron chi connectivity index (χ1n) is 8.91. The Morgan fingerprint density at radius 3 is 2.00 bits per heavy atom. The summed E-state index contributed by atoms with van der Waals surface area (Å²) < 4.78 is 12.3. The third kappa shape index (κ3) is 1.73. The zero-order chi connectivity index (χ0) is 18.0. The molecule has 3 nitrogen and oxygen atoms in total. The molecule has 27 heavy (non-hydrogen) atoms. The summed E-state index contributed by atoms with van der Waals surface area (Å²) in [5, 5.41) is 1.94. The highest BCUT2D eigenvalue weighted by Crippen LogP contribution is 2.56. The first-order chi connectivity index (χ1) is 13.3. The van der Waals surface area contributed by atoms with E-state index in [4.69, 9.17) is 9.47 Å². The zero-order valence-corrected chi connectivity index (χ0v) is 14.3. The van der Waals surface area contributed by atoms with Gasteiger partial charge in [-0.3, -0.25) is 0 Å². The van der Waals surface area contributed by atoms with Crippen LogP contribution < -0.4 is 4.74 Å². The lowest BCUT2D eigenvalue weighted by Crippen LogP contribution is -2.32. The molecule has 0 amide bonds. The van der Waals surface area contributed by atoms with Crippen LogP contribution in [-0.2, 0) is 10.3 Å². The molecule has 6 rings (SSSR count). The number of fused-ring (bicyclic) bond motifs is 8. The molecule has 0 aliphatic carbocycles. The predicted octanol–water partition coefficient (Wildman–Crippen LogP) is 5.41. The van der Waals surface area contributed by atoms with Crippen LogP contribution in [0.15, 0.2) is 84.9 Å². The lowest BCUT2D eigenvalue weighted by Gasteiger charge is -2.36. The second-order valence-corrected chi connectivity index (χ2v) is 6.87. The van der Waals surface area contributed by atoms with Gasteiger partial charge in [0.25, 0.3) is 0 Å². The summed E-state index contributed by atoms with van der Waals surface area (Å²) in [6.45, 7) is 0. The summed E-state index contributed by atoms with van der Waals surface area (Å²) in [5.41, 5.74) is 2.23. The maximum absolute atomic E-state index is 13.1. The molecule has 0 saturated carbocycles. The summed E-state index contributed by atoms with van der Waals surface area (Å²) in [7, 11) is 0. The third-order valence-electron chi connectivity index (χ3n) is 5.51. The summed E-state index contributed by atoms with van der Waals surface area (Å²) >= 11 is 0. The maximum atomic E-state index is 13.1. The SMILES string of the molecule is O=C1OC2(c3ccccc3Oc3ccccc32)c2ccc3ccccc3c21. The monoisotopic (exact) mass is 350 g/mol. The minimum Gasteiger partial charge on any atom is -0.456 e. The van der Waals surface area contributed by atoms with Crippen LogP contribution in [0, 0.1) is 0 Å². The smallest absolute Gasteiger partial charge is 0.340 e. The van der Waals surface area contributed by atoms with Crippen molar-refractivity contribution in [2.45, 2.75) is 5.60 Å². The van der Waals surface area contributed by atoms with E-state index in [9.17, 15) is 4.79 Å². The fourth-order valence-corrected chi connectivity index (χ4v) is 4.39. The quantitative estimate of drug-likeness (QED) is 0.398. The van der Waals surface area contributed by atoms with Crippen LogP contribution in [0.2, 0.25) is 0 Å². The molecule has 2 heterocycles. The number of rotatable bonds is 0. The molecule has 0 unspecified atom stereocenters. The van der Waals surface area contributed by atoms with Crippen molar-refractivity contribution >= 4 is 16.7 Å². The number of ether oxygens (including phenoxy) is 2. The lowest BCUT2D eigenvalue weighted by atomic mass is 9.77. The van der Waals surface area contributed by atoms with Crippen molar-refractivity contribution in [3.8, 4) is 11.5 Å². The van der Waals surface area contributed by atoms with Gasteiger partial charge in [-0.25, -0.2) is 4.79 Å². The Morgan fingerprint density at radius 1 is 0.630 bits per heavy atom. The number of carbonyl (C=O) groups is 1. The molecule has 0 aromatic heterocycles. The van der Waals surface area contributed by atoms with Crippen molar-refractivity contribution in [3.05, 3.63) is 107 Å². The Kier molecular flexibility index (Phi) is 2.69. The van der Waals surface area contributed by atoms with Gasteiger partial charge in [-0.1, -0.05) is 72.8 Å². The standard InChI is InChI=1S/C24H14O3/c25-23-22-16-8-2-1-7-15(16)13-14-19(22)24(27-23)17-9-3-5-11-20(17)26-21-12-6-4-10-18(21)24/h1-14H. The van der Waals surface area contributed by atoms with Crippen molar-refractivity contribution in [1.29, 1.82) is 0 Å². The summed E-state index contributed by atoms with van der Waals surface area (Å²) in [6.07, 6.45) is 0. The zero-order valence-electron chi connectivity index (χ0n) is 14.3. The molecule has 0 radical (unpaired) electrons. The first-order valence-corrected chi connectivity index (χ1v) is 8.91. The van der Waals surface area contributed by atoms with E-state index in [1.807, 2.05) is 78.9 Å². The Hall–Kier alpha value is -3.59. The van der Waals surface area contributed by atoms with Crippen LogP contribution in [0.3, 0.4) is 0 Å². The molecule has 0 bridgehead atoms. The van der Waals surface area contributed by atoms with E-state index in [2.05, 4.69) is 6.07 Å². The lowest BCUT2D eigenvalue weighted by molar-refractivity contribution is 0.0225. The van der Waals surface area contributed by atoms with Gasteiger partial charge in [0, 0.05) is 16.7 Å². The molecule has 4 aromatic rings. The van der Waals surface area contributed by atoms with Gasteiger partial charge in [-0.05, 0) is 22.9 Å². The molecule has 0 atom stereocenters. The normalized spacial score (nSPS) is 15.6. The van der Waals surface area contributed by atoms with E-state index in [0.717, 1.165) is 27.5 Å². The van der Waals surface area contributed by atoms with E-state index in [1.54, 1.807) is 0 Å². The van der Waals surface area contributed by atoms with Crippen molar-refractivity contribution in [2.75, 3.05) is 0 Å². The van der Waals surface area contributed by atoms with Gasteiger partial charge in [0.15, 0.2) is 5.60 Å². The molecule has 1 spiro atoms. The molecule has 2 aliphatic rings. The predicted molar refractivity (Wildman–Crippen MR) is 102 cm³/mol. The van der Waals surface area contributed by atoms with Crippen LogP contribution in [0.5, 0.6) is 11.5 Å². The van der Waals surface area contributed by atoms with E-state index in [-0.39, 0.29) is 5.97 Å². The fraction of sp³-hybridized carbons (Fsp3) is 0.0417.